The molecule has 1 aromatic rings. The topological polar surface area (TPSA) is 47.4 Å². The molecule has 1 aliphatic rings. The number of ether oxygens (including phenoxy) is 1. The molecule has 0 bridgehead atoms. The van der Waals surface area contributed by atoms with Gasteiger partial charge in [0.05, 0.1) is 13.5 Å². The number of esters is 1. The lowest BCUT2D eigenvalue weighted by Crippen LogP contribution is -2.42. The molecule has 100 valence electrons. The van der Waals surface area contributed by atoms with Crippen molar-refractivity contribution in [2.24, 2.45) is 0 Å². The SMILES string of the molecule is CCn1ccnc1N1CCCCC1CC(=O)OC. The van der Waals surface area contributed by atoms with Crippen LogP contribution < -0.4 is 4.90 Å². The van der Waals surface area contributed by atoms with E-state index in [2.05, 4.69) is 21.4 Å². The quantitative estimate of drug-likeness (QED) is 0.766. The monoisotopic (exact) mass is 251 g/mol. The number of piperidine rings is 1. The van der Waals surface area contributed by atoms with Crippen molar-refractivity contribution in [2.45, 2.75) is 45.2 Å². The zero-order chi connectivity index (χ0) is 13.0. The largest absolute Gasteiger partial charge is 0.469 e. The van der Waals surface area contributed by atoms with Crippen molar-refractivity contribution < 1.29 is 9.53 Å². The van der Waals surface area contributed by atoms with Crippen LogP contribution in [0.4, 0.5) is 5.95 Å². The Balaban J connectivity index is 2.14. The first-order valence-electron chi connectivity index (χ1n) is 6.60. The smallest absolute Gasteiger partial charge is 0.307 e. The first-order chi connectivity index (χ1) is 8.76. The predicted molar refractivity (Wildman–Crippen MR) is 69.5 cm³/mol. The highest BCUT2D eigenvalue weighted by Crippen LogP contribution is 2.25. The fourth-order valence-electron chi connectivity index (χ4n) is 2.56. The van der Waals surface area contributed by atoms with Crippen molar-refractivity contribution in [2.75, 3.05) is 18.6 Å². The molecule has 2 heterocycles. The average molecular weight is 251 g/mol. The van der Waals surface area contributed by atoms with Crippen LogP contribution in [-0.2, 0) is 16.1 Å². The van der Waals surface area contributed by atoms with Gasteiger partial charge in [-0.2, -0.15) is 0 Å². The van der Waals surface area contributed by atoms with Crippen molar-refractivity contribution in [1.29, 1.82) is 0 Å². The van der Waals surface area contributed by atoms with E-state index in [-0.39, 0.29) is 12.0 Å². The van der Waals surface area contributed by atoms with Gasteiger partial charge in [-0.3, -0.25) is 4.79 Å². The Morgan fingerprint density at radius 3 is 3.11 bits per heavy atom. The summed E-state index contributed by atoms with van der Waals surface area (Å²) in [7, 11) is 1.45. The Labute approximate surface area is 108 Å². The summed E-state index contributed by atoms with van der Waals surface area (Å²) in [5, 5.41) is 0. The maximum atomic E-state index is 11.5. The Morgan fingerprint density at radius 2 is 2.39 bits per heavy atom. The molecule has 18 heavy (non-hydrogen) atoms. The number of carbonyl (C=O) groups excluding carboxylic acids is 1. The van der Waals surface area contributed by atoms with Crippen LogP contribution in [0.1, 0.15) is 32.6 Å². The molecule has 1 fully saturated rings. The van der Waals surface area contributed by atoms with Crippen LogP contribution in [0.15, 0.2) is 12.4 Å². The van der Waals surface area contributed by atoms with E-state index >= 15 is 0 Å². The average Bonchev–Trinajstić information content (AvgIpc) is 2.87. The van der Waals surface area contributed by atoms with E-state index in [1.165, 1.54) is 13.5 Å². The van der Waals surface area contributed by atoms with Gasteiger partial charge >= 0.3 is 5.97 Å². The number of aryl methyl sites for hydroxylation is 1. The van der Waals surface area contributed by atoms with Gasteiger partial charge in [0.2, 0.25) is 5.95 Å². The van der Waals surface area contributed by atoms with E-state index in [1.807, 2.05) is 12.4 Å². The van der Waals surface area contributed by atoms with Crippen LogP contribution in [0.3, 0.4) is 0 Å². The molecule has 0 spiro atoms. The Hall–Kier alpha value is -1.52. The minimum atomic E-state index is -0.137. The Kier molecular flexibility index (Phi) is 4.23. The van der Waals surface area contributed by atoms with Gasteiger partial charge in [0.25, 0.3) is 0 Å². The molecule has 0 aromatic carbocycles. The number of hydrogen-bond donors (Lipinski definition) is 0. The Morgan fingerprint density at radius 1 is 1.56 bits per heavy atom. The summed E-state index contributed by atoms with van der Waals surface area (Å²) < 4.78 is 6.90. The van der Waals surface area contributed by atoms with Gasteiger partial charge in [-0.15, -0.1) is 0 Å². The van der Waals surface area contributed by atoms with Crippen molar-refractivity contribution in [3.05, 3.63) is 12.4 Å². The summed E-state index contributed by atoms with van der Waals surface area (Å²) in [6, 6.07) is 0.221. The summed E-state index contributed by atoms with van der Waals surface area (Å²) in [5.74, 6) is 0.840. The zero-order valence-corrected chi connectivity index (χ0v) is 11.1. The lowest BCUT2D eigenvalue weighted by atomic mass is 10.00. The number of methoxy groups -OCH3 is 1. The first-order valence-corrected chi connectivity index (χ1v) is 6.60. The number of anilines is 1. The van der Waals surface area contributed by atoms with Gasteiger partial charge in [0.1, 0.15) is 0 Å². The fraction of sp³-hybridized carbons (Fsp3) is 0.692. The molecule has 1 saturated heterocycles. The molecule has 0 radical (unpaired) electrons. The highest BCUT2D eigenvalue weighted by Gasteiger charge is 2.27. The third-order valence-electron chi connectivity index (χ3n) is 3.55. The highest BCUT2D eigenvalue weighted by molar-refractivity contribution is 5.70. The molecule has 5 heteroatoms. The van der Waals surface area contributed by atoms with Crippen LogP contribution in [0.5, 0.6) is 0 Å². The van der Waals surface area contributed by atoms with Gasteiger partial charge in [-0.05, 0) is 26.2 Å². The van der Waals surface area contributed by atoms with Crippen LogP contribution >= 0.6 is 0 Å². The van der Waals surface area contributed by atoms with E-state index in [9.17, 15) is 4.79 Å². The first kappa shape index (κ1) is 12.9. The molecule has 0 amide bonds. The molecule has 5 nitrogen and oxygen atoms in total. The van der Waals surface area contributed by atoms with Gasteiger partial charge in [0, 0.05) is 31.5 Å². The van der Waals surface area contributed by atoms with E-state index in [4.69, 9.17) is 4.74 Å². The van der Waals surface area contributed by atoms with E-state index in [0.717, 1.165) is 31.9 Å². The van der Waals surface area contributed by atoms with E-state index in [1.54, 1.807) is 0 Å². The summed E-state index contributed by atoms with van der Waals surface area (Å²) >= 11 is 0. The second-order valence-corrected chi connectivity index (χ2v) is 4.64. The third-order valence-corrected chi connectivity index (χ3v) is 3.55. The van der Waals surface area contributed by atoms with E-state index in [0.29, 0.717) is 6.42 Å². The van der Waals surface area contributed by atoms with E-state index < -0.39 is 0 Å². The molecule has 2 rings (SSSR count). The number of rotatable bonds is 4. The second kappa shape index (κ2) is 5.89. The van der Waals surface area contributed by atoms with Crippen molar-refractivity contribution in [1.82, 2.24) is 9.55 Å². The molecular formula is C13H21N3O2. The van der Waals surface area contributed by atoms with Gasteiger partial charge < -0.3 is 14.2 Å². The third kappa shape index (κ3) is 2.66. The standard InChI is InChI=1S/C13H21N3O2/c1-3-15-9-7-14-13(15)16-8-5-4-6-11(16)10-12(17)18-2/h7,9,11H,3-6,8,10H2,1-2H3. The maximum Gasteiger partial charge on any atom is 0.307 e. The lowest BCUT2D eigenvalue weighted by molar-refractivity contribution is -0.141. The summed E-state index contributed by atoms with van der Waals surface area (Å²) in [4.78, 5) is 18.2. The van der Waals surface area contributed by atoms with Crippen molar-refractivity contribution in [3.8, 4) is 0 Å². The van der Waals surface area contributed by atoms with Crippen LogP contribution in [0, 0.1) is 0 Å². The molecule has 1 aliphatic heterocycles. The number of carbonyl (C=O) groups is 1. The number of imidazole rings is 1. The summed E-state index contributed by atoms with van der Waals surface area (Å²) in [5.41, 5.74) is 0. The van der Waals surface area contributed by atoms with Gasteiger partial charge in [0.15, 0.2) is 0 Å². The number of hydrogen-bond acceptors (Lipinski definition) is 4. The molecular weight excluding hydrogens is 230 g/mol. The van der Waals surface area contributed by atoms with Gasteiger partial charge in [-0.25, -0.2) is 4.98 Å². The van der Waals surface area contributed by atoms with Crippen molar-refractivity contribution >= 4 is 11.9 Å². The number of nitrogens with zero attached hydrogens (tertiary/aromatic N) is 3. The lowest BCUT2D eigenvalue weighted by Gasteiger charge is -2.36. The Bertz CT molecular complexity index is 403. The second-order valence-electron chi connectivity index (χ2n) is 4.64. The predicted octanol–water partition coefficient (Wildman–Crippen LogP) is 1.82. The van der Waals surface area contributed by atoms with Crippen LogP contribution in [0.2, 0.25) is 0 Å². The van der Waals surface area contributed by atoms with Crippen molar-refractivity contribution in [3.63, 3.8) is 0 Å². The molecule has 1 unspecified atom stereocenters. The maximum absolute atomic E-state index is 11.5. The van der Waals surface area contributed by atoms with Gasteiger partial charge in [-0.1, -0.05) is 0 Å². The molecule has 0 aliphatic carbocycles. The molecule has 0 N–H and O–H groups in total. The normalized spacial score (nSPS) is 19.9. The minimum absolute atomic E-state index is 0.137. The van der Waals surface area contributed by atoms with Crippen LogP contribution in [0.25, 0.3) is 0 Å². The molecule has 1 atom stereocenters. The van der Waals surface area contributed by atoms with Crippen LogP contribution in [-0.4, -0.2) is 35.2 Å². The summed E-state index contributed by atoms with van der Waals surface area (Å²) in [6.07, 6.45) is 7.62. The zero-order valence-electron chi connectivity index (χ0n) is 11.1. The minimum Gasteiger partial charge on any atom is -0.469 e. The molecule has 1 aromatic heterocycles. The highest BCUT2D eigenvalue weighted by atomic mass is 16.5. The fourth-order valence-corrected chi connectivity index (χ4v) is 2.56. The molecule has 0 saturated carbocycles. The summed E-state index contributed by atoms with van der Waals surface area (Å²) in [6.45, 7) is 3.97. The number of aromatic nitrogens is 2.